The van der Waals surface area contributed by atoms with Crippen LogP contribution in [0, 0.1) is 11.3 Å². The zero-order valence-electron chi connectivity index (χ0n) is 10.6. The molecule has 1 aromatic carbocycles. The zero-order valence-corrected chi connectivity index (χ0v) is 11.4. The van der Waals surface area contributed by atoms with Crippen LogP contribution in [-0.2, 0) is 6.42 Å². The molecule has 19 heavy (non-hydrogen) atoms. The second kappa shape index (κ2) is 6.17. The van der Waals surface area contributed by atoms with Gasteiger partial charge in [0, 0.05) is 11.3 Å². The third kappa shape index (κ3) is 3.43. The predicted molar refractivity (Wildman–Crippen MR) is 74.7 cm³/mol. The van der Waals surface area contributed by atoms with E-state index in [2.05, 4.69) is 0 Å². The lowest BCUT2D eigenvalue weighted by Crippen LogP contribution is -2.05. The molecule has 0 atom stereocenters. The minimum atomic E-state index is -0.0596. The topological polar surface area (TPSA) is 50.1 Å². The maximum absolute atomic E-state index is 11.5. The molecule has 0 fully saturated rings. The van der Waals surface area contributed by atoms with Crippen molar-refractivity contribution in [2.45, 2.75) is 13.3 Å². The molecule has 0 saturated heterocycles. The number of carbonyl (C=O) groups excluding carboxylic acids is 1. The van der Waals surface area contributed by atoms with E-state index in [-0.39, 0.29) is 5.78 Å². The van der Waals surface area contributed by atoms with Crippen LogP contribution in [0.2, 0.25) is 0 Å². The smallest absolute Gasteiger partial charge is 0.163 e. The van der Waals surface area contributed by atoms with Crippen LogP contribution in [0.3, 0.4) is 0 Å². The number of carbonyl (C=O) groups is 1. The van der Waals surface area contributed by atoms with Crippen molar-refractivity contribution in [3.05, 3.63) is 51.7 Å². The fourth-order valence-corrected chi connectivity index (χ4v) is 2.41. The zero-order chi connectivity index (χ0) is 13.7. The second-order valence-corrected chi connectivity index (χ2v) is 5.09. The van der Waals surface area contributed by atoms with E-state index in [1.165, 1.54) is 11.8 Å². The summed E-state index contributed by atoms with van der Waals surface area (Å²) in [6.45, 7) is 1.99. The molecule has 0 spiro atoms. The highest BCUT2D eigenvalue weighted by Gasteiger charge is 2.09. The van der Waals surface area contributed by atoms with Gasteiger partial charge in [0.15, 0.2) is 5.78 Å². The molecule has 3 nitrogen and oxygen atoms in total. The van der Waals surface area contributed by atoms with E-state index in [0.717, 1.165) is 6.42 Å². The summed E-state index contributed by atoms with van der Waals surface area (Å²) in [6.07, 6.45) is 0.797. The van der Waals surface area contributed by atoms with Crippen LogP contribution < -0.4 is 4.74 Å². The largest absolute Gasteiger partial charge is 0.492 e. The molecule has 0 aliphatic carbocycles. The normalized spacial score (nSPS) is 9.89. The number of hydrogen-bond acceptors (Lipinski definition) is 4. The summed E-state index contributed by atoms with van der Waals surface area (Å²) in [5.74, 6) is 0.429. The average molecular weight is 271 g/mol. The van der Waals surface area contributed by atoms with Crippen molar-refractivity contribution in [2.75, 3.05) is 6.61 Å². The van der Waals surface area contributed by atoms with Gasteiger partial charge in [0.05, 0.1) is 23.8 Å². The van der Waals surface area contributed by atoms with Gasteiger partial charge in [0.2, 0.25) is 0 Å². The molecule has 1 heterocycles. The van der Waals surface area contributed by atoms with Gasteiger partial charge in [-0.15, -0.1) is 11.3 Å². The highest BCUT2D eigenvalue weighted by molar-refractivity contribution is 7.09. The SMILES string of the molecule is CC(=O)c1ccc(C#N)cc1OCCc1cccs1. The molecule has 0 radical (unpaired) electrons. The fraction of sp³-hybridized carbons (Fsp3) is 0.200. The fourth-order valence-electron chi connectivity index (χ4n) is 1.72. The number of benzene rings is 1. The number of rotatable bonds is 5. The number of nitrogens with zero attached hydrogens (tertiary/aromatic N) is 1. The van der Waals surface area contributed by atoms with Crippen molar-refractivity contribution in [2.24, 2.45) is 0 Å². The van der Waals surface area contributed by atoms with Gasteiger partial charge < -0.3 is 4.74 Å². The van der Waals surface area contributed by atoms with Crippen molar-refractivity contribution in [3.63, 3.8) is 0 Å². The van der Waals surface area contributed by atoms with Gasteiger partial charge in [-0.2, -0.15) is 5.26 Å². The first-order chi connectivity index (χ1) is 9.20. The Bertz CT molecular complexity index is 612. The summed E-state index contributed by atoms with van der Waals surface area (Å²) in [4.78, 5) is 12.7. The Balaban J connectivity index is 2.09. The van der Waals surface area contributed by atoms with Crippen LogP contribution in [0.5, 0.6) is 5.75 Å². The Labute approximate surface area is 116 Å². The van der Waals surface area contributed by atoms with Gasteiger partial charge in [0.1, 0.15) is 5.75 Å². The lowest BCUT2D eigenvalue weighted by Gasteiger charge is -2.09. The first-order valence-electron chi connectivity index (χ1n) is 5.91. The van der Waals surface area contributed by atoms with Crippen LogP contribution in [0.4, 0.5) is 0 Å². The van der Waals surface area contributed by atoms with Crippen molar-refractivity contribution in [3.8, 4) is 11.8 Å². The van der Waals surface area contributed by atoms with E-state index >= 15 is 0 Å². The van der Waals surface area contributed by atoms with Crippen LogP contribution >= 0.6 is 11.3 Å². The predicted octanol–water partition coefficient (Wildman–Crippen LogP) is 3.44. The van der Waals surface area contributed by atoms with Crippen LogP contribution in [0.15, 0.2) is 35.7 Å². The molecule has 0 unspecified atom stereocenters. The number of hydrogen-bond donors (Lipinski definition) is 0. The third-order valence-electron chi connectivity index (χ3n) is 2.68. The molecule has 96 valence electrons. The average Bonchev–Trinajstić information content (AvgIpc) is 2.91. The van der Waals surface area contributed by atoms with Gasteiger partial charge in [-0.3, -0.25) is 4.79 Å². The summed E-state index contributed by atoms with van der Waals surface area (Å²) in [5.41, 5.74) is 1.02. The summed E-state index contributed by atoms with van der Waals surface area (Å²) in [7, 11) is 0. The minimum absolute atomic E-state index is 0.0596. The second-order valence-electron chi connectivity index (χ2n) is 4.06. The van der Waals surface area contributed by atoms with Gasteiger partial charge in [0.25, 0.3) is 0 Å². The number of ketones is 1. The Morgan fingerprint density at radius 1 is 1.42 bits per heavy atom. The van der Waals surface area contributed by atoms with Crippen molar-refractivity contribution >= 4 is 17.1 Å². The first kappa shape index (κ1) is 13.3. The molecular formula is C15H13NO2S. The number of Topliss-reactive ketones (excluding diaryl/α,β-unsaturated/α-hetero) is 1. The Hall–Kier alpha value is -2.12. The molecule has 0 bridgehead atoms. The van der Waals surface area contributed by atoms with E-state index in [1.807, 2.05) is 23.6 Å². The summed E-state index contributed by atoms with van der Waals surface area (Å²) in [6, 6.07) is 11.0. The summed E-state index contributed by atoms with van der Waals surface area (Å²) in [5, 5.41) is 10.9. The van der Waals surface area contributed by atoms with Crippen molar-refractivity contribution < 1.29 is 9.53 Å². The molecule has 1 aromatic heterocycles. The van der Waals surface area contributed by atoms with Crippen LogP contribution in [-0.4, -0.2) is 12.4 Å². The number of nitriles is 1. The van der Waals surface area contributed by atoms with E-state index in [0.29, 0.717) is 23.5 Å². The number of thiophene rings is 1. The minimum Gasteiger partial charge on any atom is -0.492 e. The lowest BCUT2D eigenvalue weighted by atomic mass is 10.1. The highest BCUT2D eigenvalue weighted by Crippen LogP contribution is 2.21. The maximum Gasteiger partial charge on any atom is 0.163 e. The van der Waals surface area contributed by atoms with E-state index in [4.69, 9.17) is 10.00 Å². The third-order valence-corrected chi connectivity index (χ3v) is 3.61. The quantitative estimate of drug-likeness (QED) is 0.783. The molecule has 2 rings (SSSR count). The van der Waals surface area contributed by atoms with Gasteiger partial charge >= 0.3 is 0 Å². The van der Waals surface area contributed by atoms with Crippen molar-refractivity contribution in [1.82, 2.24) is 0 Å². The molecule has 0 amide bonds. The van der Waals surface area contributed by atoms with Crippen LogP contribution in [0.1, 0.15) is 27.7 Å². The molecule has 2 aromatic rings. The molecule has 0 aliphatic heterocycles. The Kier molecular flexibility index (Phi) is 4.32. The van der Waals surface area contributed by atoms with Gasteiger partial charge in [-0.05, 0) is 36.6 Å². The van der Waals surface area contributed by atoms with E-state index in [9.17, 15) is 4.79 Å². The molecule has 0 aliphatic rings. The lowest BCUT2D eigenvalue weighted by molar-refractivity contribution is 0.101. The number of ether oxygens (including phenoxy) is 1. The molecule has 4 heteroatoms. The van der Waals surface area contributed by atoms with Crippen molar-refractivity contribution in [1.29, 1.82) is 5.26 Å². The molecular weight excluding hydrogens is 258 g/mol. The first-order valence-corrected chi connectivity index (χ1v) is 6.79. The highest BCUT2D eigenvalue weighted by atomic mass is 32.1. The summed E-state index contributed by atoms with van der Waals surface area (Å²) < 4.78 is 5.65. The van der Waals surface area contributed by atoms with Gasteiger partial charge in [-0.25, -0.2) is 0 Å². The monoisotopic (exact) mass is 271 g/mol. The standard InChI is InChI=1S/C15H13NO2S/c1-11(17)14-5-4-12(10-16)9-15(14)18-7-6-13-3-2-8-19-13/h2-5,8-9H,6-7H2,1H3. The van der Waals surface area contributed by atoms with Gasteiger partial charge in [-0.1, -0.05) is 6.07 Å². The molecule has 0 N–H and O–H groups in total. The Morgan fingerprint density at radius 3 is 2.89 bits per heavy atom. The molecule has 0 saturated carbocycles. The Morgan fingerprint density at radius 2 is 2.26 bits per heavy atom. The van der Waals surface area contributed by atoms with Crippen LogP contribution in [0.25, 0.3) is 0 Å². The van der Waals surface area contributed by atoms with E-state index in [1.54, 1.807) is 29.5 Å². The summed E-state index contributed by atoms with van der Waals surface area (Å²) >= 11 is 1.68. The van der Waals surface area contributed by atoms with E-state index < -0.39 is 0 Å². The maximum atomic E-state index is 11.5.